The van der Waals surface area contributed by atoms with Crippen molar-refractivity contribution >= 4 is 11.8 Å². The predicted molar refractivity (Wildman–Crippen MR) is 120 cm³/mol. The average molecular weight is 438 g/mol. The fourth-order valence-corrected chi connectivity index (χ4v) is 3.93. The summed E-state index contributed by atoms with van der Waals surface area (Å²) in [4.78, 5) is 33.6. The molecule has 1 aliphatic heterocycles. The van der Waals surface area contributed by atoms with Gasteiger partial charge in [-0.3, -0.25) is 14.6 Å². The fraction of sp³-hybridized carbons (Fsp3) is 0.480. The number of hydrogen-bond acceptors (Lipinski definition) is 5. The number of hydrogen-bond donors (Lipinski definition) is 0. The second kappa shape index (κ2) is 10.6. The van der Waals surface area contributed by atoms with Crippen LogP contribution in [0.2, 0.25) is 0 Å². The van der Waals surface area contributed by atoms with Crippen molar-refractivity contribution in [1.29, 1.82) is 0 Å². The molecule has 0 unspecified atom stereocenters. The highest BCUT2D eigenvalue weighted by Gasteiger charge is 2.32. The van der Waals surface area contributed by atoms with Gasteiger partial charge in [0, 0.05) is 45.1 Å². The van der Waals surface area contributed by atoms with Crippen LogP contribution in [0.4, 0.5) is 0 Å². The van der Waals surface area contributed by atoms with E-state index in [-0.39, 0.29) is 24.5 Å². The number of benzene rings is 1. The van der Waals surface area contributed by atoms with Gasteiger partial charge in [0.1, 0.15) is 5.75 Å². The Bertz CT molecular complexity index is 916. The SMILES string of the molecule is COc1cccc(CN2C[C@H](OCC3CC3)CN(C(=O)CCc3ccncc3)CC2=O)c1. The van der Waals surface area contributed by atoms with E-state index in [1.807, 2.05) is 41.3 Å². The molecule has 0 bridgehead atoms. The van der Waals surface area contributed by atoms with Gasteiger partial charge in [0.2, 0.25) is 11.8 Å². The van der Waals surface area contributed by atoms with Crippen molar-refractivity contribution < 1.29 is 19.1 Å². The number of nitrogens with zero attached hydrogens (tertiary/aromatic N) is 3. The molecule has 7 nitrogen and oxygen atoms in total. The quantitative estimate of drug-likeness (QED) is 0.603. The summed E-state index contributed by atoms with van der Waals surface area (Å²) >= 11 is 0. The lowest BCUT2D eigenvalue weighted by atomic mass is 10.1. The Morgan fingerprint density at radius 3 is 2.69 bits per heavy atom. The Morgan fingerprint density at radius 1 is 1.12 bits per heavy atom. The number of rotatable bonds is 9. The van der Waals surface area contributed by atoms with E-state index in [4.69, 9.17) is 9.47 Å². The minimum atomic E-state index is -0.183. The summed E-state index contributed by atoms with van der Waals surface area (Å²) < 4.78 is 11.5. The second-order valence-electron chi connectivity index (χ2n) is 8.65. The summed E-state index contributed by atoms with van der Waals surface area (Å²) in [6.07, 6.45) is 6.68. The van der Waals surface area contributed by atoms with Crippen molar-refractivity contribution in [3.63, 3.8) is 0 Å². The van der Waals surface area contributed by atoms with E-state index in [2.05, 4.69) is 4.98 Å². The number of ether oxygens (including phenoxy) is 2. The Hall–Kier alpha value is -2.93. The van der Waals surface area contributed by atoms with Gasteiger partial charge < -0.3 is 19.3 Å². The maximum Gasteiger partial charge on any atom is 0.242 e. The molecule has 2 fully saturated rings. The largest absolute Gasteiger partial charge is 0.497 e. The predicted octanol–water partition coefficient (Wildman–Crippen LogP) is 2.69. The number of carbonyl (C=O) groups is 2. The van der Waals surface area contributed by atoms with Gasteiger partial charge in [0.05, 0.1) is 19.8 Å². The van der Waals surface area contributed by atoms with Gasteiger partial charge in [-0.25, -0.2) is 0 Å². The molecular weight excluding hydrogens is 406 g/mol. The molecule has 0 spiro atoms. The second-order valence-corrected chi connectivity index (χ2v) is 8.65. The Kier molecular flexibility index (Phi) is 7.37. The molecular formula is C25H31N3O4. The third-order valence-corrected chi connectivity index (χ3v) is 6.03. The van der Waals surface area contributed by atoms with Crippen molar-refractivity contribution in [3.05, 3.63) is 59.9 Å². The minimum Gasteiger partial charge on any atom is -0.497 e. The van der Waals surface area contributed by atoms with Gasteiger partial charge in [-0.1, -0.05) is 12.1 Å². The van der Waals surface area contributed by atoms with Crippen molar-refractivity contribution in [2.24, 2.45) is 5.92 Å². The van der Waals surface area contributed by atoms with Gasteiger partial charge in [-0.2, -0.15) is 0 Å². The molecule has 1 aromatic carbocycles. The Morgan fingerprint density at radius 2 is 1.94 bits per heavy atom. The van der Waals surface area contributed by atoms with Crippen LogP contribution in [-0.4, -0.2) is 66.1 Å². The lowest BCUT2D eigenvalue weighted by Gasteiger charge is -2.25. The molecule has 4 rings (SSSR count). The summed E-state index contributed by atoms with van der Waals surface area (Å²) in [6.45, 7) is 2.19. The first-order valence-electron chi connectivity index (χ1n) is 11.3. The number of amides is 2. The van der Waals surface area contributed by atoms with Crippen LogP contribution in [0, 0.1) is 5.92 Å². The van der Waals surface area contributed by atoms with E-state index in [9.17, 15) is 9.59 Å². The molecule has 2 amide bonds. The zero-order valence-electron chi connectivity index (χ0n) is 18.6. The van der Waals surface area contributed by atoms with E-state index >= 15 is 0 Å². The van der Waals surface area contributed by atoms with Crippen LogP contribution in [0.15, 0.2) is 48.8 Å². The van der Waals surface area contributed by atoms with Crippen LogP contribution in [0.25, 0.3) is 0 Å². The molecule has 1 saturated heterocycles. The van der Waals surface area contributed by atoms with Crippen molar-refractivity contribution in [3.8, 4) is 5.75 Å². The molecule has 0 N–H and O–H groups in total. The topological polar surface area (TPSA) is 72.0 Å². The van der Waals surface area contributed by atoms with Crippen molar-refractivity contribution in [1.82, 2.24) is 14.8 Å². The molecule has 2 heterocycles. The molecule has 170 valence electrons. The monoisotopic (exact) mass is 437 g/mol. The van der Waals surface area contributed by atoms with Crippen molar-refractivity contribution in [2.75, 3.05) is 33.4 Å². The van der Waals surface area contributed by atoms with Crippen LogP contribution in [0.1, 0.15) is 30.4 Å². The number of aromatic nitrogens is 1. The van der Waals surface area contributed by atoms with Crippen LogP contribution in [0.3, 0.4) is 0 Å². The summed E-state index contributed by atoms with van der Waals surface area (Å²) in [5.41, 5.74) is 2.06. The summed E-state index contributed by atoms with van der Waals surface area (Å²) in [5.74, 6) is 1.32. The molecule has 7 heteroatoms. The smallest absolute Gasteiger partial charge is 0.242 e. The van der Waals surface area contributed by atoms with Crippen LogP contribution < -0.4 is 4.74 Å². The van der Waals surface area contributed by atoms with E-state index in [1.165, 1.54) is 12.8 Å². The summed E-state index contributed by atoms with van der Waals surface area (Å²) in [6, 6.07) is 11.6. The first kappa shape index (κ1) is 22.3. The van der Waals surface area contributed by atoms with Crippen LogP contribution in [-0.2, 0) is 27.3 Å². The van der Waals surface area contributed by atoms with Gasteiger partial charge in [-0.05, 0) is 60.6 Å². The highest BCUT2D eigenvalue weighted by Crippen LogP contribution is 2.29. The molecule has 1 saturated carbocycles. The zero-order valence-corrected chi connectivity index (χ0v) is 18.6. The first-order chi connectivity index (χ1) is 15.6. The molecule has 2 aliphatic rings. The normalized spacial score (nSPS) is 19.0. The Balaban J connectivity index is 1.43. The number of pyridine rings is 1. The fourth-order valence-electron chi connectivity index (χ4n) is 3.93. The molecule has 1 aliphatic carbocycles. The number of aryl methyl sites for hydroxylation is 1. The summed E-state index contributed by atoms with van der Waals surface area (Å²) in [5, 5.41) is 0. The molecule has 0 radical (unpaired) electrons. The first-order valence-corrected chi connectivity index (χ1v) is 11.3. The van der Waals surface area contributed by atoms with Crippen molar-refractivity contribution in [2.45, 2.75) is 38.3 Å². The third-order valence-electron chi connectivity index (χ3n) is 6.03. The highest BCUT2D eigenvalue weighted by molar-refractivity contribution is 5.85. The standard InChI is InChI=1S/C25H31N3O4/c1-31-22-4-2-3-21(13-22)14-27-15-23(32-18-20-5-6-20)16-28(17-25(27)30)24(29)8-7-19-9-11-26-12-10-19/h2-4,9-13,20,23H,5-8,14-18H2,1H3/t23-/m0/s1. The molecule has 1 aromatic heterocycles. The van der Waals surface area contributed by atoms with Gasteiger partial charge in [0.15, 0.2) is 0 Å². The van der Waals surface area contributed by atoms with Gasteiger partial charge in [-0.15, -0.1) is 0 Å². The number of carbonyl (C=O) groups excluding carboxylic acids is 2. The van der Waals surface area contributed by atoms with Gasteiger partial charge >= 0.3 is 0 Å². The third kappa shape index (κ3) is 6.29. The molecule has 2 aromatic rings. The van der Waals surface area contributed by atoms with Crippen LogP contribution >= 0.6 is 0 Å². The number of methoxy groups -OCH3 is 1. The zero-order chi connectivity index (χ0) is 22.3. The van der Waals surface area contributed by atoms with E-state index in [1.54, 1.807) is 24.4 Å². The van der Waals surface area contributed by atoms with Crippen LogP contribution in [0.5, 0.6) is 5.75 Å². The molecule has 32 heavy (non-hydrogen) atoms. The maximum absolute atomic E-state index is 13.1. The minimum absolute atomic E-state index is 0.0154. The maximum atomic E-state index is 13.1. The molecule has 1 atom stereocenters. The van der Waals surface area contributed by atoms with E-state index in [0.29, 0.717) is 45.0 Å². The van der Waals surface area contributed by atoms with Gasteiger partial charge in [0.25, 0.3) is 0 Å². The summed E-state index contributed by atoms with van der Waals surface area (Å²) in [7, 11) is 1.63. The lowest BCUT2D eigenvalue weighted by molar-refractivity contribution is -0.139. The Labute approximate surface area is 189 Å². The lowest BCUT2D eigenvalue weighted by Crippen LogP contribution is -2.39. The highest BCUT2D eigenvalue weighted by atomic mass is 16.5. The average Bonchev–Trinajstić information content (AvgIpc) is 3.66. The van der Waals surface area contributed by atoms with E-state index < -0.39 is 0 Å². The van der Waals surface area contributed by atoms with E-state index in [0.717, 1.165) is 16.9 Å².